The predicted molar refractivity (Wildman–Crippen MR) is 113 cm³/mol. The number of aryl methyl sites for hydroxylation is 1. The number of hydrogen-bond donors (Lipinski definition) is 1. The lowest BCUT2D eigenvalue weighted by molar-refractivity contribution is -0.00822. The average Bonchev–Trinajstić information content (AvgIpc) is 2.68. The van der Waals surface area contributed by atoms with Gasteiger partial charge in [0.2, 0.25) is 0 Å². The van der Waals surface area contributed by atoms with Gasteiger partial charge in [0.1, 0.15) is 12.0 Å². The maximum absolute atomic E-state index is 10.3. The van der Waals surface area contributed by atoms with E-state index in [2.05, 4.69) is 48.0 Å². The quantitative estimate of drug-likeness (QED) is 0.666. The highest BCUT2D eigenvalue weighted by Gasteiger charge is 2.29. The van der Waals surface area contributed by atoms with E-state index in [9.17, 15) is 5.11 Å². The minimum absolute atomic E-state index is 0.295. The Labute approximate surface area is 169 Å². The van der Waals surface area contributed by atoms with Crippen LogP contribution in [0.4, 0.5) is 0 Å². The summed E-state index contributed by atoms with van der Waals surface area (Å²) in [5, 5.41) is 10.3. The molecular formula is C24H34N2O2. The lowest BCUT2D eigenvalue weighted by Gasteiger charge is -2.36. The molecule has 0 radical (unpaired) electrons. The SMILES string of the molecule is Cc1cccc(O[C@@H]2CCC[C@H](C(C)CN(Cc3ccncc3)C(C)O)C2)c1. The average molecular weight is 383 g/mol. The Kier molecular flexibility index (Phi) is 7.46. The number of rotatable bonds is 8. The lowest BCUT2D eigenvalue weighted by Crippen LogP contribution is -2.39. The van der Waals surface area contributed by atoms with Gasteiger partial charge in [-0.15, -0.1) is 0 Å². The van der Waals surface area contributed by atoms with Gasteiger partial charge in [0, 0.05) is 25.5 Å². The molecule has 28 heavy (non-hydrogen) atoms. The molecule has 1 aliphatic carbocycles. The van der Waals surface area contributed by atoms with Gasteiger partial charge in [0.25, 0.3) is 0 Å². The molecule has 1 heterocycles. The normalized spacial score (nSPS) is 22.0. The molecule has 1 aromatic heterocycles. The van der Waals surface area contributed by atoms with Crippen LogP contribution in [-0.4, -0.2) is 33.9 Å². The van der Waals surface area contributed by atoms with E-state index in [4.69, 9.17) is 4.74 Å². The van der Waals surface area contributed by atoms with Crippen molar-refractivity contribution in [3.8, 4) is 5.75 Å². The molecule has 3 rings (SSSR count). The van der Waals surface area contributed by atoms with Crippen molar-refractivity contribution in [1.29, 1.82) is 0 Å². The lowest BCUT2D eigenvalue weighted by atomic mass is 9.79. The molecule has 0 spiro atoms. The van der Waals surface area contributed by atoms with Gasteiger partial charge in [-0.1, -0.05) is 19.1 Å². The predicted octanol–water partition coefficient (Wildman–Crippen LogP) is 4.80. The molecular weight excluding hydrogens is 348 g/mol. The van der Waals surface area contributed by atoms with Crippen molar-refractivity contribution in [3.05, 3.63) is 59.9 Å². The van der Waals surface area contributed by atoms with Crippen LogP contribution in [0.15, 0.2) is 48.8 Å². The van der Waals surface area contributed by atoms with Crippen molar-refractivity contribution in [3.63, 3.8) is 0 Å². The summed E-state index contributed by atoms with van der Waals surface area (Å²) in [5.74, 6) is 2.13. The second-order valence-electron chi connectivity index (χ2n) is 8.38. The third kappa shape index (κ3) is 6.05. The fourth-order valence-corrected chi connectivity index (χ4v) is 4.28. The van der Waals surface area contributed by atoms with Crippen LogP contribution in [0, 0.1) is 18.8 Å². The molecule has 0 saturated heterocycles. The molecule has 0 aliphatic heterocycles. The first kappa shape index (κ1) is 20.8. The highest BCUT2D eigenvalue weighted by molar-refractivity contribution is 5.27. The minimum atomic E-state index is -0.460. The molecule has 2 aromatic rings. The van der Waals surface area contributed by atoms with Crippen molar-refractivity contribution < 1.29 is 9.84 Å². The molecule has 1 aromatic carbocycles. The summed E-state index contributed by atoms with van der Waals surface area (Å²) in [4.78, 5) is 6.24. The van der Waals surface area contributed by atoms with Gasteiger partial charge in [-0.3, -0.25) is 9.88 Å². The van der Waals surface area contributed by atoms with E-state index >= 15 is 0 Å². The first-order valence-electron chi connectivity index (χ1n) is 10.6. The summed E-state index contributed by atoms with van der Waals surface area (Å²) < 4.78 is 6.29. The summed E-state index contributed by atoms with van der Waals surface area (Å²) in [7, 11) is 0. The molecule has 0 amide bonds. The molecule has 152 valence electrons. The molecule has 1 fully saturated rings. The summed E-state index contributed by atoms with van der Waals surface area (Å²) in [6.07, 6.45) is 8.15. The second kappa shape index (κ2) is 10.0. The highest BCUT2D eigenvalue weighted by atomic mass is 16.5. The van der Waals surface area contributed by atoms with Crippen LogP contribution in [0.2, 0.25) is 0 Å². The van der Waals surface area contributed by atoms with Crippen molar-refractivity contribution >= 4 is 0 Å². The van der Waals surface area contributed by atoms with Crippen LogP contribution in [-0.2, 0) is 6.54 Å². The van der Waals surface area contributed by atoms with Crippen LogP contribution in [0.5, 0.6) is 5.75 Å². The van der Waals surface area contributed by atoms with Gasteiger partial charge in [-0.2, -0.15) is 0 Å². The van der Waals surface area contributed by atoms with Crippen LogP contribution in [0.25, 0.3) is 0 Å². The fourth-order valence-electron chi connectivity index (χ4n) is 4.28. The van der Waals surface area contributed by atoms with E-state index < -0.39 is 6.23 Å². The Hall–Kier alpha value is -1.91. The third-order valence-corrected chi connectivity index (χ3v) is 5.95. The number of aliphatic hydroxyl groups excluding tert-OH is 1. The molecule has 1 saturated carbocycles. The molecule has 4 atom stereocenters. The maximum atomic E-state index is 10.3. The molecule has 4 nitrogen and oxygen atoms in total. The molecule has 1 aliphatic rings. The van der Waals surface area contributed by atoms with Crippen molar-refractivity contribution in [2.24, 2.45) is 11.8 Å². The monoisotopic (exact) mass is 382 g/mol. The first-order valence-corrected chi connectivity index (χ1v) is 10.6. The van der Waals surface area contributed by atoms with E-state index in [1.807, 2.05) is 31.5 Å². The minimum Gasteiger partial charge on any atom is -0.490 e. The number of benzene rings is 1. The first-order chi connectivity index (χ1) is 13.5. The Morgan fingerprint density at radius 3 is 2.68 bits per heavy atom. The van der Waals surface area contributed by atoms with E-state index in [-0.39, 0.29) is 0 Å². The molecule has 2 unspecified atom stereocenters. The number of aromatic nitrogens is 1. The number of pyridine rings is 1. The van der Waals surface area contributed by atoms with E-state index in [0.29, 0.717) is 17.9 Å². The third-order valence-electron chi connectivity index (χ3n) is 5.95. The maximum Gasteiger partial charge on any atom is 0.119 e. The highest BCUT2D eigenvalue weighted by Crippen LogP contribution is 2.33. The van der Waals surface area contributed by atoms with E-state index in [1.54, 1.807) is 0 Å². The second-order valence-corrected chi connectivity index (χ2v) is 8.38. The van der Waals surface area contributed by atoms with Gasteiger partial charge in [-0.05, 0) is 86.8 Å². The van der Waals surface area contributed by atoms with E-state index in [1.165, 1.54) is 24.0 Å². The largest absolute Gasteiger partial charge is 0.490 e. The van der Waals surface area contributed by atoms with Gasteiger partial charge >= 0.3 is 0 Å². The molecule has 1 N–H and O–H groups in total. The number of hydrogen-bond acceptors (Lipinski definition) is 4. The van der Waals surface area contributed by atoms with E-state index in [0.717, 1.165) is 31.7 Å². The van der Waals surface area contributed by atoms with Crippen LogP contribution in [0.1, 0.15) is 50.7 Å². The Morgan fingerprint density at radius 2 is 1.96 bits per heavy atom. The standard InChI is InChI=1S/C24H34N2O2/c1-18-6-4-8-23(14-18)28-24-9-5-7-22(15-24)19(2)16-26(20(3)27)17-21-10-12-25-13-11-21/h4,6,8,10-14,19-20,22,24,27H,5,7,9,15-17H2,1-3H3/t19?,20?,22-,24+/m0/s1. The summed E-state index contributed by atoms with van der Waals surface area (Å²) >= 11 is 0. The van der Waals surface area contributed by atoms with Crippen LogP contribution in [0.3, 0.4) is 0 Å². The summed E-state index contributed by atoms with van der Waals surface area (Å²) in [5.41, 5.74) is 2.43. The van der Waals surface area contributed by atoms with Gasteiger partial charge in [0.05, 0.1) is 6.10 Å². The molecule has 4 heteroatoms. The zero-order chi connectivity index (χ0) is 19.9. The zero-order valence-electron chi connectivity index (χ0n) is 17.4. The smallest absolute Gasteiger partial charge is 0.119 e. The van der Waals surface area contributed by atoms with Gasteiger partial charge in [-0.25, -0.2) is 0 Å². The van der Waals surface area contributed by atoms with Crippen molar-refractivity contribution in [1.82, 2.24) is 9.88 Å². The topological polar surface area (TPSA) is 45.6 Å². The Bertz CT molecular complexity index is 720. The van der Waals surface area contributed by atoms with Crippen LogP contribution >= 0.6 is 0 Å². The summed E-state index contributed by atoms with van der Waals surface area (Å²) in [6, 6.07) is 12.4. The number of aliphatic hydroxyl groups is 1. The number of ether oxygens (including phenoxy) is 1. The van der Waals surface area contributed by atoms with Crippen LogP contribution < -0.4 is 4.74 Å². The van der Waals surface area contributed by atoms with Crippen molar-refractivity contribution in [2.75, 3.05) is 6.54 Å². The summed E-state index contributed by atoms with van der Waals surface area (Å²) in [6.45, 7) is 7.93. The number of nitrogens with zero attached hydrogens (tertiary/aromatic N) is 2. The fraction of sp³-hybridized carbons (Fsp3) is 0.542. The Morgan fingerprint density at radius 1 is 1.18 bits per heavy atom. The Balaban J connectivity index is 1.56. The molecule has 0 bridgehead atoms. The van der Waals surface area contributed by atoms with Crippen molar-refractivity contribution in [2.45, 2.75) is 65.3 Å². The zero-order valence-corrected chi connectivity index (χ0v) is 17.4. The van der Waals surface area contributed by atoms with Gasteiger partial charge in [0.15, 0.2) is 0 Å². The van der Waals surface area contributed by atoms with Gasteiger partial charge < -0.3 is 9.84 Å².